The first-order chi connectivity index (χ1) is 7.74. The highest BCUT2D eigenvalue weighted by Gasteiger charge is 2.21. The van der Waals surface area contributed by atoms with Crippen LogP contribution in [0.2, 0.25) is 0 Å². The highest BCUT2D eigenvalue weighted by Crippen LogP contribution is 2.20. The smallest absolute Gasteiger partial charge is 0.256 e. The largest absolute Gasteiger partial charge is 0.356 e. The number of hydrogen-bond acceptors (Lipinski definition) is 5. The Hall–Kier alpha value is -1.69. The van der Waals surface area contributed by atoms with E-state index in [0.717, 1.165) is 31.0 Å². The lowest BCUT2D eigenvalue weighted by atomic mass is 10.3. The Balaban J connectivity index is 2.11. The maximum Gasteiger partial charge on any atom is 0.256 e. The molecule has 0 aromatic carbocycles. The van der Waals surface area contributed by atoms with Gasteiger partial charge in [0, 0.05) is 30.9 Å². The fraction of sp³-hybridized carbons (Fsp3) is 0.500. The first-order valence-corrected chi connectivity index (χ1v) is 5.42. The highest BCUT2D eigenvalue weighted by atomic mass is 15.3. The molecular weight excluding hydrogens is 204 g/mol. The first kappa shape index (κ1) is 9.53. The number of aryl methyl sites for hydroxylation is 1. The van der Waals surface area contributed by atoms with Crippen molar-refractivity contribution in [1.29, 1.82) is 0 Å². The quantitative estimate of drug-likeness (QED) is 0.727. The monoisotopic (exact) mass is 218 g/mol. The van der Waals surface area contributed by atoms with Crippen molar-refractivity contribution in [2.24, 2.45) is 5.73 Å². The number of nitrogens with two attached hydrogens (primary N) is 1. The van der Waals surface area contributed by atoms with E-state index in [9.17, 15) is 0 Å². The number of fused-ring (bicyclic) bond motifs is 1. The van der Waals surface area contributed by atoms with E-state index in [1.165, 1.54) is 0 Å². The number of hydrogen-bond donors (Lipinski definition) is 1. The molecule has 1 aliphatic heterocycles. The standard InChI is InChI=1S/C10H14N6/c1-7-4-9(15-3-2-8(11)5-15)16-6-12-14-10(16)13-7/h4,6,8H,2-3,5,11H2,1H3. The number of anilines is 1. The van der Waals surface area contributed by atoms with Gasteiger partial charge >= 0.3 is 0 Å². The molecule has 0 saturated carbocycles. The van der Waals surface area contributed by atoms with Crippen LogP contribution in [0.3, 0.4) is 0 Å². The molecule has 0 radical (unpaired) electrons. The van der Waals surface area contributed by atoms with Gasteiger partial charge in [0.05, 0.1) is 0 Å². The lowest BCUT2D eigenvalue weighted by Gasteiger charge is -2.19. The summed E-state index contributed by atoms with van der Waals surface area (Å²) in [4.78, 5) is 6.58. The van der Waals surface area contributed by atoms with Crippen molar-refractivity contribution >= 4 is 11.6 Å². The van der Waals surface area contributed by atoms with E-state index in [0.29, 0.717) is 5.78 Å². The van der Waals surface area contributed by atoms with E-state index in [-0.39, 0.29) is 6.04 Å². The topological polar surface area (TPSA) is 72.3 Å². The van der Waals surface area contributed by atoms with Crippen molar-refractivity contribution in [2.75, 3.05) is 18.0 Å². The van der Waals surface area contributed by atoms with Gasteiger partial charge in [0.1, 0.15) is 12.1 Å². The van der Waals surface area contributed by atoms with Crippen LogP contribution in [0.1, 0.15) is 12.1 Å². The van der Waals surface area contributed by atoms with Gasteiger partial charge in [0.25, 0.3) is 5.78 Å². The summed E-state index contributed by atoms with van der Waals surface area (Å²) in [5, 5.41) is 7.86. The van der Waals surface area contributed by atoms with Gasteiger partial charge < -0.3 is 10.6 Å². The van der Waals surface area contributed by atoms with Crippen LogP contribution in [-0.2, 0) is 0 Å². The van der Waals surface area contributed by atoms with Crippen LogP contribution < -0.4 is 10.6 Å². The van der Waals surface area contributed by atoms with Crippen LogP contribution in [0.25, 0.3) is 5.78 Å². The SMILES string of the molecule is Cc1cc(N2CCC(N)C2)n2cnnc2n1. The summed E-state index contributed by atoms with van der Waals surface area (Å²) in [5.41, 5.74) is 6.88. The Kier molecular flexibility index (Phi) is 2.03. The average molecular weight is 218 g/mol. The van der Waals surface area contributed by atoms with Gasteiger partial charge in [-0.05, 0) is 13.3 Å². The van der Waals surface area contributed by atoms with Crippen molar-refractivity contribution in [3.05, 3.63) is 18.1 Å². The molecule has 1 atom stereocenters. The van der Waals surface area contributed by atoms with Crippen LogP contribution in [0, 0.1) is 6.92 Å². The zero-order chi connectivity index (χ0) is 11.1. The summed E-state index contributed by atoms with van der Waals surface area (Å²) in [7, 11) is 0. The Morgan fingerprint density at radius 3 is 3.12 bits per heavy atom. The summed E-state index contributed by atoms with van der Waals surface area (Å²) in [6, 6.07) is 2.31. The van der Waals surface area contributed by atoms with Gasteiger partial charge in [-0.1, -0.05) is 0 Å². The Morgan fingerprint density at radius 1 is 1.50 bits per heavy atom. The summed E-state index contributed by atoms with van der Waals surface area (Å²) >= 11 is 0. The normalized spacial score (nSPS) is 20.9. The van der Waals surface area contributed by atoms with Crippen molar-refractivity contribution in [1.82, 2.24) is 19.6 Å². The third-order valence-corrected chi connectivity index (χ3v) is 2.94. The Bertz CT molecular complexity index is 519. The highest BCUT2D eigenvalue weighted by molar-refractivity contribution is 5.48. The minimum Gasteiger partial charge on any atom is -0.356 e. The number of nitrogens with zero attached hydrogens (tertiary/aromatic N) is 5. The van der Waals surface area contributed by atoms with Gasteiger partial charge in [-0.15, -0.1) is 10.2 Å². The fourth-order valence-corrected chi connectivity index (χ4v) is 2.15. The molecule has 1 fully saturated rings. The molecule has 6 nitrogen and oxygen atoms in total. The molecule has 1 unspecified atom stereocenters. The lowest BCUT2D eigenvalue weighted by molar-refractivity contribution is 0.750. The van der Waals surface area contributed by atoms with E-state index in [2.05, 4.69) is 26.1 Å². The van der Waals surface area contributed by atoms with Gasteiger partial charge in [-0.25, -0.2) is 4.98 Å². The van der Waals surface area contributed by atoms with Crippen LogP contribution >= 0.6 is 0 Å². The predicted octanol–water partition coefficient (Wildman–Crippen LogP) is -0.0299. The van der Waals surface area contributed by atoms with Gasteiger partial charge in [-0.3, -0.25) is 4.40 Å². The molecule has 0 aliphatic carbocycles. The number of aromatic nitrogens is 4. The lowest BCUT2D eigenvalue weighted by Crippen LogP contribution is -2.27. The zero-order valence-corrected chi connectivity index (χ0v) is 9.17. The Labute approximate surface area is 93.1 Å². The van der Waals surface area contributed by atoms with Gasteiger partial charge in [-0.2, -0.15) is 0 Å². The summed E-state index contributed by atoms with van der Waals surface area (Å²) < 4.78 is 1.91. The molecule has 0 amide bonds. The molecule has 16 heavy (non-hydrogen) atoms. The van der Waals surface area contributed by atoms with Crippen LogP contribution in [-0.4, -0.2) is 38.7 Å². The second-order valence-electron chi connectivity index (χ2n) is 4.25. The molecule has 0 bridgehead atoms. The molecule has 84 valence electrons. The molecule has 1 aliphatic rings. The molecule has 2 aromatic heterocycles. The van der Waals surface area contributed by atoms with Crippen LogP contribution in [0.15, 0.2) is 12.4 Å². The maximum atomic E-state index is 5.92. The molecule has 6 heteroatoms. The maximum absolute atomic E-state index is 5.92. The zero-order valence-electron chi connectivity index (χ0n) is 9.17. The number of rotatable bonds is 1. The molecule has 2 aromatic rings. The fourth-order valence-electron chi connectivity index (χ4n) is 2.15. The van der Waals surface area contributed by atoms with Gasteiger partial charge in [0.15, 0.2) is 0 Å². The van der Waals surface area contributed by atoms with E-state index in [4.69, 9.17) is 5.73 Å². The van der Waals surface area contributed by atoms with Crippen molar-refractivity contribution in [2.45, 2.75) is 19.4 Å². The first-order valence-electron chi connectivity index (χ1n) is 5.42. The summed E-state index contributed by atoms with van der Waals surface area (Å²) in [5.74, 6) is 1.73. The molecule has 3 rings (SSSR count). The molecule has 0 spiro atoms. The average Bonchev–Trinajstić information content (AvgIpc) is 2.84. The summed E-state index contributed by atoms with van der Waals surface area (Å²) in [6.45, 7) is 3.84. The van der Waals surface area contributed by atoms with E-state index in [1.54, 1.807) is 6.33 Å². The third-order valence-electron chi connectivity index (χ3n) is 2.94. The molecule has 3 heterocycles. The van der Waals surface area contributed by atoms with E-state index >= 15 is 0 Å². The van der Waals surface area contributed by atoms with Crippen LogP contribution in [0.5, 0.6) is 0 Å². The molecular formula is C10H14N6. The molecule has 2 N–H and O–H groups in total. The van der Waals surface area contributed by atoms with Crippen molar-refractivity contribution in [3.8, 4) is 0 Å². The van der Waals surface area contributed by atoms with E-state index in [1.807, 2.05) is 11.3 Å². The minimum absolute atomic E-state index is 0.264. The predicted molar refractivity (Wildman–Crippen MR) is 60.3 cm³/mol. The van der Waals surface area contributed by atoms with E-state index < -0.39 is 0 Å². The van der Waals surface area contributed by atoms with Crippen molar-refractivity contribution in [3.63, 3.8) is 0 Å². The molecule has 1 saturated heterocycles. The third kappa shape index (κ3) is 1.42. The summed E-state index contributed by atoms with van der Waals surface area (Å²) in [6.07, 6.45) is 2.73. The second kappa shape index (κ2) is 3.41. The van der Waals surface area contributed by atoms with Crippen LogP contribution in [0.4, 0.5) is 5.82 Å². The minimum atomic E-state index is 0.264. The van der Waals surface area contributed by atoms with Crippen molar-refractivity contribution < 1.29 is 0 Å². The van der Waals surface area contributed by atoms with Gasteiger partial charge in [0.2, 0.25) is 0 Å². The second-order valence-corrected chi connectivity index (χ2v) is 4.25. The Morgan fingerprint density at radius 2 is 2.38 bits per heavy atom.